The zero-order valence-electron chi connectivity index (χ0n) is 15.9. The van der Waals surface area contributed by atoms with Gasteiger partial charge in [-0.05, 0) is 55.3 Å². The molecule has 0 fully saturated rings. The van der Waals surface area contributed by atoms with Crippen LogP contribution in [0.5, 0.6) is 0 Å². The largest absolute Gasteiger partial charge is 0.361 e. The van der Waals surface area contributed by atoms with Crippen molar-refractivity contribution < 1.29 is 9.59 Å². The first-order chi connectivity index (χ1) is 12.9. The molecule has 0 aliphatic rings. The van der Waals surface area contributed by atoms with Gasteiger partial charge in [-0.2, -0.15) is 0 Å². The van der Waals surface area contributed by atoms with Crippen LogP contribution in [0.2, 0.25) is 0 Å². The summed E-state index contributed by atoms with van der Waals surface area (Å²) in [5.41, 5.74) is 4.80. The minimum Gasteiger partial charge on any atom is -0.361 e. The Morgan fingerprint density at radius 3 is 2.52 bits per heavy atom. The van der Waals surface area contributed by atoms with E-state index in [4.69, 9.17) is 0 Å². The van der Waals surface area contributed by atoms with Crippen LogP contribution >= 0.6 is 0 Å². The number of hydrogen-bond donors (Lipinski definition) is 3. The number of carbonyl (C=O) groups is 2. The summed E-state index contributed by atoms with van der Waals surface area (Å²) in [6.45, 7) is 6.31. The lowest BCUT2D eigenvalue weighted by atomic mass is 10.1. The highest BCUT2D eigenvalue weighted by molar-refractivity contribution is 5.96. The number of aryl methyl sites for hydroxylation is 1. The lowest BCUT2D eigenvalue weighted by molar-refractivity contribution is -0.118. The zero-order valence-corrected chi connectivity index (χ0v) is 15.9. The molecule has 3 rings (SSSR count). The van der Waals surface area contributed by atoms with Gasteiger partial charge in [0.1, 0.15) is 0 Å². The average Bonchev–Trinajstić information content (AvgIpc) is 3.04. The van der Waals surface area contributed by atoms with Gasteiger partial charge in [-0.25, -0.2) is 0 Å². The van der Waals surface area contributed by atoms with Crippen molar-refractivity contribution in [2.75, 3.05) is 11.9 Å². The lowest BCUT2D eigenvalue weighted by Gasteiger charge is -2.09. The fraction of sp³-hybridized carbons (Fsp3) is 0.273. The molecule has 0 atom stereocenters. The molecule has 0 unspecified atom stereocenters. The second kappa shape index (κ2) is 8.08. The molecule has 2 amide bonds. The van der Waals surface area contributed by atoms with Crippen molar-refractivity contribution in [1.82, 2.24) is 10.3 Å². The molecule has 0 aliphatic carbocycles. The van der Waals surface area contributed by atoms with E-state index in [2.05, 4.69) is 40.7 Å². The van der Waals surface area contributed by atoms with Crippen LogP contribution in [0.1, 0.15) is 35.3 Å². The molecule has 0 spiro atoms. The summed E-state index contributed by atoms with van der Waals surface area (Å²) in [6, 6.07) is 13.3. The molecule has 5 nitrogen and oxygen atoms in total. The van der Waals surface area contributed by atoms with Gasteiger partial charge in [0.2, 0.25) is 5.91 Å². The molecule has 5 heteroatoms. The van der Waals surface area contributed by atoms with Crippen LogP contribution in [-0.4, -0.2) is 23.3 Å². The van der Waals surface area contributed by atoms with E-state index >= 15 is 0 Å². The number of nitrogens with one attached hydrogen (secondary N) is 3. The third-order valence-electron chi connectivity index (χ3n) is 4.54. The second-order valence-corrected chi connectivity index (χ2v) is 7.09. The summed E-state index contributed by atoms with van der Waals surface area (Å²) in [7, 11) is 0. The van der Waals surface area contributed by atoms with Crippen LogP contribution < -0.4 is 10.6 Å². The molecule has 1 heterocycles. The van der Waals surface area contributed by atoms with Crippen LogP contribution in [0.3, 0.4) is 0 Å². The first-order valence-corrected chi connectivity index (χ1v) is 9.20. The van der Waals surface area contributed by atoms with E-state index in [1.54, 1.807) is 24.3 Å². The van der Waals surface area contributed by atoms with Crippen LogP contribution in [0, 0.1) is 12.8 Å². The first kappa shape index (κ1) is 18.7. The summed E-state index contributed by atoms with van der Waals surface area (Å²) >= 11 is 0. The first-order valence-electron chi connectivity index (χ1n) is 9.20. The molecule has 140 valence electrons. The standard InChI is InChI=1S/C22H25N3O2/c1-14(2)21(26)25-18-7-5-16(6-8-18)22(27)23-11-10-17-13-24-20-9-4-15(3)12-19(17)20/h4-9,12-14,24H,10-11H2,1-3H3,(H,23,27)(H,25,26). The SMILES string of the molecule is Cc1ccc2[nH]cc(CCNC(=O)c3ccc(NC(=O)C(C)C)cc3)c2c1. The van der Waals surface area contributed by atoms with E-state index in [1.807, 2.05) is 20.0 Å². The molecule has 0 saturated carbocycles. The maximum atomic E-state index is 12.3. The Morgan fingerprint density at radius 2 is 1.81 bits per heavy atom. The zero-order chi connectivity index (χ0) is 19.4. The quantitative estimate of drug-likeness (QED) is 0.618. The van der Waals surface area contributed by atoms with Crippen LogP contribution in [0.4, 0.5) is 5.69 Å². The highest BCUT2D eigenvalue weighted by atomic mass is 16.2. The van der Waals surface area contributed by atoms with Gasteiger partial charge in [-0.15, -0.1) is 0 Å². The number of rotatable bonds is 6. The molecule has 0 saturated heterocycles. The summed E-state index contributed by atoms with van der Waals surface area (Å²) in [5, 5.41) is 6.97. The van der Waals surface area contributed by atoms with Gasteiger partial charge in [0, 0.05) is 40.8 Å². The van der Waals surface area contributed by atoms with Crippen LogP contribution in [0.25, 0.3) is 10.9 Å². The molecule has 2 aromatic carbocycles. The van der Waals surface area contributed by atoms with Crippen molar-refractivity contribution in [3.05, 3.63) is 65.4 Å². The van der Waals surface area contributed by atoms with Gasteiger partial charge in [0.25, 0.3) is 5.91 Å². The number of carbonyl (C=O) groups excluding carboxylic acids is 2. The summed E-state index contributed by atoms with van der Waals surface area (Å²) in [4.78, 5) is 27.3. The molecular weight excluding hydrogens is 338 g/mol. The van der Waals surface area contributed by atoms with Crippen molar-refractivity contribution >= 4 is 28.4 Å². The Hall–Kier alpha value is -3.08. The van der Waals surface area contributed by atoms with Gasteiger partial charge in [0.15, 0.2) is 0 Å². The summed E-state index contributed by atoms with van der Waals surface area (Å²) in [6.07, 6.45) is 2.76. The fourth-order valence-electron chi connectivity index (χ4n) is 2.90. The number of amides is 2. The van der Waals surface area contributed by atoms with Gasteiger partial charge in [0.05, 0.1) is 0 Å². The Kier molecular flexibility index (Phi) is 5.60. The van der Waals surface area contributed by atoms with Crippen molar-refractivity contribution in [1.29, 1.82) is 0 Å². The summed E-state index contributed by atoms with van der Waals surface area (Å²) < 4.78 is 0. The Labute approximate surface area is 159 Å². The predicted octanol–water partition coefficient (Wildman–Crippen LogP) is 4.04. The molecule has 3 N–H and O–H groups in total. The Balaban J connectivity index is 1.56. The highest BCUT2D eigenvalue weighted by Gasteiger charge is 2.09. The second-order valence-electron chi connectivity index (χ2n) is 7.09. The fourth-order valence-corrected chi connectivity index (χ4v) is 2.90. The molecule has 0 aliphatic heterocycles. The molecular formula is C22H25N3O2. The van der Waals surface area contributed by atoms with E-state index in [0.29, 0.717) is 17.8 Å². The maximum absolute atomic E-state index is 12.3. The average molecular weight is 363 g/mol. The number of fused-ring (bicyclic) bond motifs is 1. The third-order valence-corrected chi connectivity index (χ3v) is 4.54. The normalized spacial score (nSPS) is 11.0. The number of benzene rings is 2. The lowest BCUT2D eigenvalue weighted by Crippen LogP contribution is -2.25. The minimum absolute atomic E-state index is 0.0406. The predicted molar refractivity (Wildman–Crippen MR) is 109 cm³/mol. The smallest absolute Gasteiger partial charge is 0.251 e. The number of aromatic amines is 1. The van der Waals surface area contributed by atoms with E-state index in [0.717, 1.165) is 11.9 Å². The van der Waals surface area contributed by atoms with Crippen molar-refractivity contribution in [3.8, 4) is 0 Å². The molecule has 27 heavy (non-hydrogen) atoms. The van der Waals surface area contributed by atoms with Crippen molar-refractivity contribution in [3.63, 3.8) is 0 Å². The number of hydrogen-bond acceptors (Lipinski definition) is 2. The van der Waals surface area contributed by atoms with Crippen LogP contribution in [-0.2, 0) is 11.2 Å². The van der Waals surface area contributed by atoms with E-state index in [9.17, 15) is 9.59 Å². The Morgan fingerprint density at radius 1 is 1.07 bits per heavy atom. The molecule has 3 aromatic rings. The number of aromatic nitrogens is 1. The van der Waals surface area contributed by atoms with Gasteiger partial charge in [-0.3, -0.25) is 9.59 Å². The molecule has 1 aromatic heterocycles. The topological polar surface area (TPSA) is 74.0 Å². The van der Waals surface area contributed by atoms with Crippen molar-refractivity contribution in [2.24, 2.45) is 5.92 Å². The third kappa shape index (κ3) is 4.56. The van der Waals surface area contributed by atoms with E-state index in [-0.39, 0.29) is 17.7 Å². The highest BCUT2D eigenvalue weighted by Crippen LogP contribution is 2.20. The van der Waals surface area contributed by atoms with E-state index in [1.165, 1.54) is 16.5 Å². The molecule has 0 bridgehead atoms. The van der Waals surface area contributed by atoms with Gasteiger partial charge >= 0.3 is 0 Å². The van der Waals surface area contributed by atoms with Crippen molar-refractivity contribution in [2.45, 2.75) is 27.2 Å². The van der Waals surface area contributed by atoms with E-state index < -0.39 is 0 Å². The van der Waals surface area contributed by atoms with Gasteiger partial charge < -0.3 is 15.6 Å². The number of anilines is 1. The van der Waals surface area contributed by atoms with Gasteiger partial charge in [-0.1, -0.05) is 25.5 Å². The number of H-pyrrole nitrogens is 1. The molecule has 0 radical (unpaired) electrons. The van der Waals surface area contributed by atoms with Crippen LogP contribution in [0.15, 0.2) is 48.7 Å². The maximum Gasteiger partial charge on any atom is 0.251 e. The monoisotopic (exact) mass is 363 g/mol. The summed E-state index contributed by atoms with van der Waals surface area (Å²) in [5.74, 6) is -0.241. The Bertz CT molecular complexity index is 955. The minimum atomic E-state index is -0.118.